The maximum Gasteiger partial charge on any atom is 0.236 e. The first-order chi connectivity index (χ1) is 9.37. The number of rotatable bonds is 4. The zero-order valence-electron chi connectivity index (χ0n) is 12.6. The second-order valence-corrected chi connectivity index (χ2v) is 5.79. The topological polar surface area (TPSA) is 49.4 Å². The second-order valence-electron chi connectivity index (χ2n) is 5.79. The van der Waals surface area contributed by atoms with Gasteiger partial charge in [-0.2, -0.15) is 0 Å². The largest absolute Gasteiger partial charge is 0.356 e. The molecule has 1 aliphatic rings. The van der Waals surface area contributed by atoms with Crippen LogP contribution in [0.1, 0.15) is 38.3 Å². The summed E-state index contributed by atoms with van der Waals surface area (Å²) in [4.78, 5) is 25.1. The van der Waals surface area contributed by atoms with Crippen LogP contribution in [-0.4, -0.2) is 25.4 Å². The van der Waals surface area contributed by atoms with Crippen LogP contribution in [0.2, 0.25) is 0 Å². The molecule has 0 spiro atoms. The number of carbonyl (C=O) groups excluding carboxylic acids is 2. The van der Waals surface area contributed by atoms with E-state index in [9.17, 15) is 9.59 Å². The zero-order chi connectivity index (χ0) is 14.9. The molecule has 0 saturated heterocycles. The van der Waals surface area contributed by atoms with E-state index in [2.05, 4.69) is 11.4 Å². The van der Waals surface area contributed by atoms with E-state index < -0.39 is 5.41 Å². The van der Waals surface area contributed by atoms with Crippen LogP contribution in [-0.2, 0) is 21.4 Å². The van der Waals surface area contributed by atoms with Crippen LogP contribution in [0.25, 0.3) is 0 Å². The predicted octanol–water partition coefficient (Wildman–Crippen LogP) is 2.01. The maximum atomic E-state index is 12.2. The van der Waals surface area contributed by atoms with Gasteiger partial charge in [0.2, 0.25) is 11.8 Å². The highest BCUT2D eigenvalue weighted by molar-refractivity contribution is 6.07. The lowest BCUT2D eigenvalue weighted by molar-refractivity contribution is -0.122. The van der Waals surface area contributed by atoms with Gasteiger partial charge in [-0.3, -0.25) is 9.59 Å². The van der Waals surface area contributed by atoms with Crippen molar-refractivity contribution < 1.29 is 9.59 Å². The van der Waals surface area contributed by atoms with Crippen LogP contribution in [0.5, 0.6) is 0 Å². The Bertz CT molecular complexity index is 549. The van der Waals surface area contributed by atoms with Gasteiger partial charge in [-0.05, 0) is 37.5 Å². The Morgan fingerprint density at radius 3 is 2.70 bits per heavy atom. The number of hydrogen-bond donors (Lipinski definition) is 1. The summed E-state index contributed by atoms with van der Waals surface area (Å²) in [6, 6.07) is 6.12. The fourth-order valence-corrected chi connectivity index (χ4v) is 2.65. The predicted molar refractivity (Wildman–Crippen MR) is 79.9 cm³/mol. The molecule has 1 heterocycles. The Morgan fingerprint density at radius 1 is 1.35 bits per heavy atom. The summed E-state index contributed by atoms with van der Waals surface area (Å²) in [6.07, 6.45) is 1.30. The fourth-order valence-electron chi connectivity index (χ4n) is 2.65. The van der Waals surface area contributed by atoms with Gasteiger partial charge >= 0.3 is 0 Å². The summed E-state index contributed by atoms with van der Waals surface area (Å²) < 4.78 is 0. The first-order valence-electron chi connectivity index (χ1n) is 7.06. The number of nitrogens with one attached hydrogen (secondary N) is 1. The highest BCUT2D eigenvalue weighted by Crippen LogP contribution is 2.40. The minimum atomic E-state index is -0.466. The summed E-state index contributed by atoms with van der Waals surface area (Å²) in [7, 11) is 1.82. The van der Waals surface area contributed by atoms with Crippen molar-refractivity contribution in [3.05, 3.63) is 29.3 Å². The summed E-state index contributed by atoms with van der Waals surface area (Å²) in [6.45, 7) is 6.39. The van der Waals surface area contributed by atoms with E-state index in [4.69, 9.17) is 0 Å². The van der Waals surface area contributed by atoms with E-state index in [1.807, 2.05) is 40.0 Å². The molecule has 4 heteroatoms. The molecule has 108 valence electrons. The first-order valence-corrected chi connectivity index (χ1v) is 7.06. The molecule has 1 aromatic carbocycles. The lowest BCUT2D eigenvalue weighted by Crippen LogP contribution is -2.33. The standard InChI is InChI=1S/C16H22N2O2/c1-5-14(19)17-9-8-11-6-7-13-12(10-11)16(2,3)15(20)18(13)4/h6-7,10H,5,8-9H2,1-4H3,(H,17,19). The van der Waals surface area contributed by atoms with Crippen LogP contribution in [0.3, 0.4) is 0 Å². The van der Waals surface area contributed by atoms with Crippen molar-refractivity contribution in [3.63, 3.8) is 0 Å². The summed E-state index contributed by atoms with van der Waals surface area (Å²) in [5.41, 5.74) is 2.74. The van der Waals surface area contributed by atoms with Gasteiger partial charge < -0.3 is 10.2 Å². The van der Waals surface area contributed by atoms with Gasteiger partial charge in [-0.15, -0.1) is 0 Å². The third-order valence-electron chi connectivity index (χ3n) is 3.99. The molecule has 0 aliphatic carbocycles. The van der Waals surface area contributed by atoms with Crippen molar-refractivity contribution >= 4 is 17.5 Å². The molecule has 0 fully saturated rings. The number of anilines is 1. The van der Waals surface area contributed by atoms with E-state index >= 15 is 0 Å². The Kier molecular flexibility index (Phi) is 3.84. The van der Waals surface area contributed by atoms with E-state index in [0.29, 0.717) is 13.0 Å². The normalized spacial score (nSPS) is 16.2. The molecule has 0 atom stereocenters. The van der Waals surface area contributed by atoms with E-state index in [1.54, 1.807) is 4.90 Å². The van der Waals surface area contributed by atoms with E-state index in [0.717, 1.165) is 23.2 Å². The van der Waals surface area contributed by atoms with Crippen LogP contribution in [0.4, 0.5) is 5.69 Å². The van der Waals surface area contributed by atoms with Crippen LogP contribution in [0.15, 0.2) is 18.2 Å². The molecule has 1 N–H and O–H groups in total. The number of amides is 2. The number of carbonyl (C=O) groups is 2. The van der Waals surface area contributed by atoms with E-state index in [-0.39, 0.29) is 11.8 Å². The smallest absolute Gasteiger partial charge is 0.236 e. The van der Waals surface area contributed by atoms with Gasteiger partial charge in [0, 0.05) is 25.7 Å². The van der Waals surface area contributed by atoms with Gasteiger partial charge in [-0.1, -0.05) is 19.1 Å². The minimum absolute atomic E-state index is 0.0707. The van der Waals surface area contributed by atoms with Gasteiger partial charge in [0.25, 0.3) is 0 Å². The molecule has 2 amide bonds. The average Bonchev–Trinajstić information content (AvgIpc) is 2.60. The molecule has 0 radical (unpaired) electrons. The molecule has 0 unspecified atom stereocenters. The zero-order valence-corrected chi connectivity index (χ0v) is 12.6. The van der Waals surface area contributed by atoms with Crippen LogP contribution >= 0.6 is 0 Å². The lowest BCUT2D eigenvalue weighted by atomic mass is 9.85. The highest BCUT2D eigenvalue weighted by atomic mass is 16.2. The van der Waals surface area contributed by atoms with E-state index in [1.165, 1.54) is 0 Å². The van der Waals surface area contributed by atoms with Gasteiger partial charge in [0.1, 0.15) is 0 Å². The number of fused-ring (bicyclic) bond motifs is 1. The lowest BCUT2D eigenvalue weighted by Gasteiger charge is -2.16. The Hall–Kier alpha value is -1.84. The number of benzene rings is 1. The highest BCUT2D eigenvalue weighted by Gasteiger charge is 2.42. The number of nitrogens with zero attached hydrogens (tertiary/aromatic N) is 1. The van der Waals surface area contributed by atoms with Crippen molar-refractivity contribution in [2.24, 2.45) is 0 Å². The summed E-state index contributed by atoms with van der Waals surface area (Å²) >= 11 is 0. The van der Waals surface area contributed by atoms with Crippen LogP contribution in [0, 0.1) is 0 Å². The Morgan fingerprint density at radius 2 is 2.05 bits per heavy atom. The molecule has 4 nitrogen and oxygen atoms in total. The van der Waals surface area contributed by atoms with Crippen LogP contribution < -0.4 is 10.2 Å². The molecule has 1 aliphatic heterocycles. The molecule has 20 heavy (non-hydrogen) atoms. The minimum Gasteiger partial charge on any atom is -0.356 e. The third-order valence-corrected chi connectivity index (χ3v) is 3.99. The monoisotopic (exact) mass is 274 g/mol. The molecular formula is C16H22N2O2. The quantitative estimate of drug-likeness (QED) is 0.913. The van der Waals surface area contributed by atoms with Crippen molar-refractivity contribution in [2.75, 3.05) is 18.5 Å². The molecule has 1 aromatic rings. The molecule has 0 saturated carbocycles. The summed E-state index contributed by atoms with van der Waals surface area (Å²) in [5.74, 6) is 0.199. The Balaban J connectivity index is 2.15. The number of hydrogen-bond acceptors (Lipinski definition) is 2. The van der Waals surface area contributed by atoms with Crippen molar-refractivity contribution in [1.29, 1.82) is 0 Å². The van der Waals surface area contributed by atoms with Gasteiger partial charge in [0.05, 0.1) is 5.41 Å². The second kappa shape index (κ2) is 5.27. The average molecular weight is 274 g/mol. The van der Waals surface area contributed by atoms with Gasteiger partial charge in [0.15, 0.2) is 0 Å². The van der Waals surface area contributed by atoms with Crippen molar-refractivity contribution in [2.45, 2.75) is 39.0 Å². The first kappa shape index (κ1) is 14.6. The maximum absolute atomic E-state index is 12.2. The molecule has 0 aromatic heterocycles. The fraction of sp³-hybridized carbons (Fsp3) is 0.500. The third kappa shape index (κ3) is 2.42. The SMILES string of the molecule is CCC(=O)NCCc1ccc2c(c1)C(C)(C)C(=O)N2C. The summed E-state index contributed by atoms with van der Waals surface area (Å²) in [5, 5.41) is 2.87. The molecule has 2 rings (SSSR count). The van der Waals surface area contributed by atoms with Crippen molar-refractivity contribution in [3.8, 4) is 0 Å². The molecule has 0 bridgehead atoms. The molecular weight excluding hydrogens is 252 g/mol. The number of likely N-dealkylation sites (N-methyl/N-ethyl adjacent to an activating group) is 1. The Labute approximate surface area is 120 Å². The van der Waals surface area contributed by atoms with Crippen molar-refractivity contribution in [1.82, 2.24) is 5.32 Å². The van der Waals surface area contributed by atoms with Gasteiger partial charge in [-0.25, -0.2) is 0 Å².